The second-order valence-electron chi connectivity index (χ2n) is 16.2. The van der Waals surface area contributed by atoms with E-state index in [1.807, 2.05) is 0 Å². The minimum atomic E-state index is -0.468. The lowest BCUT2D eigenvalue weighted by atomic mass is 10.0. The van der Waals surface area contributed by atoms with Gasteiger partial charge in [-0.25, -0.2) is 4.79 Å². The molecule has 7 heteroatoms. The highest BCUT2D eigenvalue weighted by Crippen LogP contribution is 2.18. The zero-order chi connectivity index (χ0) is 39.4. The first kappa shape index (κ1) is 52.7. The van der Waals surface area contributed by atoms with Crippen molar-refractivity contribution >= 4 is 12.1 Å². The third-order valence-corrected chi connectivity index (χ3v) is 10.9. The van der Waals surface area contributed by atoms with Gasteiger partial charge in [0.25, 0.3) is 0 Å². The van der Waals surface area contributed by atoms with Gasteiger partial charge >= 0.3 is 12.1 Å². The summed E-state index contributed by atoms with van der Waals surface area (Å²) < 4.78 is 16.7. The number of hydrogen-bond acceptors (Lipinski definition) is 7. The van der Waals surface area contributed by atoms with Gasteiger partial charge in [-0.15, -0.1) is 0 Å². The van der Waals surface area contributed by atoms with Crippen molar-refractivity contribution < 1.29 is 28.9 Å². The van der Waals surface area contributed by atoms with Crippen molar-refractivity contribution in [3.8, 4) is 0 Å². The van der Waals surface area contributed by atoms with Crippen LogP contribution in [-0.2, 0) is 19.0 Å². The summed E-state index contributed by atoms with van der Waals surface area (Å²) in [5, 5.41) is 9.54. The molecule has 0 aliphatic carbocycles. The molecule has 0 bridgehead atoms. The van der Waals surface area contributed by atoms with Gasteiger partial charge in [-0.3, -0.25) is 4.79 Å². The molecule has 0 amide bonds. The van der Waals surface area contributed by atoms with Crippen molar-refractivity contribution in [2.75, 3.05) is 39.5 Å². The number of esters is 1. The molecule has 0 rings (SSSR count). The van der Waals surface area contributed by atoms with E-state index < -0.39 is 6.16 Å². The molecular weight excluding hydrogens is 675 g/mol. The normalized spacial score (nSPS) is 12.0. The topological polar surface area (TPSA) is 85.3 Å². The van der Waals surface area contributed by atoms with Crippen LogP contribution in [0.4, 0.5) is 4.79 Å². The highest BCUT2D eigenvalue weighted by Gasteiger charge is 2.15. The molecule has 1 unspecified atom stereocenters. The molecule has 54 heavy (non-hydrogen) atoms. The molecule has 0 spiro atoms. The first-order valence-corrected chi connectivity index (χ1v) is 23.9. The maximum atomic E-state index is 12.5. The monoisotopic (exact) mass is 768 g/mol. The molecule has 0 heterocycles. The molecule has 0 aromatic heterocycles. The van der Waals surface area contributed by atoms with E-state index in [0.717, 1.165) is 90.3 Å². The van der Waals surface area contributed by atoms with Gasteiger partial charge in [0.05, 0.1) is 19.8 Å². The molecule has 0 saturated heterocycles. The number of aliphatic hydroxyl groups is 1. The van der Waals surface area contributed by atoms with Crippen LogP contribution >= 0.6 is 0 Å². The largest absolute Gasteiger partial charge is 0.508 e. The molecule has 0 aliphatic heterocycles. The SMILES string of the molecule is CCCCCCCCCCCC(CCCCCCC)OC(=O)OCCCCCCCCN(CCO)CCCCCCCCOC(=O)CCCCCCCC. The van der Waals surface area contributed by atoms with Crippen molar-refractivity contribution in [1.29, 1.82) is 0 Å². The molecule has 7 nitrogen and oxygen atoms in total. The average molecular weight is 768 g/mol. The van der Waals surface area contributed by atoms with E-state index in [4.69, 9.17) is 14.2 Å². The second kappa shape index (κ2) is 44.4. The Morgan fingerprint density at radius 3 is 1.26 bits per heavy atom. The fraction of sp³-hybridized carbons (Fsp3) is 0.957. The Hall–Kier alpha value is -1.34. The minimum absolute atomic E-state index is 0.00251. The smallest absolute Gasteiger partial charge is 0.466 e. The third kappa shape index (κ3) is 40.3. The summed E-state index contributed by atoms with van der Waals surface area (Å²) in [5.74, 6) is -0.0239. The summed E-state index contributed by atoms with van der Waals surface area (Å²) in [5.41, 5.74) is 0. The second-order valence-corrected chi connectivity index (χ2v) is 16.2. The number of hydrogen-bond donors (Lipinski definition) is 1. The number of unbranched alkanes of at least 4 members (excludes halogenated alkanes) is 27. The Morgan fingerprint density at radius 1 is 0.444 bits per heavy atom. The van der Waals surface area contributed by atoms with Crippen molar-refractivity contribution in [2.24, 2.45) is 0 Å². The van der Waals surface area contributed by atoms with E-state index in [1.165, 1.54) is 148 Å². The lowest BCUT2D eigenvalue weighted by Gasteiger charge is -2.21. The van der Waals surface area contributed by atoms with Crippen LogP contribution in [0.3, 0.4) is 0 Å². The van der Waals surface area contributed by atoms with Crippen LogP contribution in [0, 0.1) is 0 Å². The summed E-state index contributed by atoms with van der Waals surface area (Å²) in [6.45, 7) is 10.9. The number of carbonyl (C=O) groups excluding carboxylic acids is 2. The number of ether oxygens (including phenoxy) is 3. The van der Waals surface area contributed by atoms with Gasteiger partial charge in [0.2, 0.25) is 0 Å². The Kier molecular flexibility index (Phi) is 43.3. The van der Waals surface area contributed by atoms with E-state index in [2.05, 4.69) is 25.7 Å². The predicted octanol–water partition coefficient (Wildman–Crippen LogP) is 14.1. The summed E-state index contributed by atoms with van der Waals surface area (Å²) in [6.07, 6.45) is 40.8. The number of aliphatic hydroxyl groups excluding tert-OH is 1. The molecule has 0 radical (unpaired) electrons. The summed E-state index contributed by atoms with van der Waals surface area (Å²) in [4.78, 5) is 26.8. The van der Waals surface area contributed by atoms with Crippen LogP contribution in [-0.4, -0.2) is 67.7 Å². The molecule has 1 N–H and O–H groups in total. The summed E-state index contributed by atoms with van der Waals surface area (Å²) >= 11 is 0. The number of carbonyl (C=O) groups is 2. The zero-order valence-electron chi connectivity index (χ0n) is 36.5. The van der Waals surface area contributed by atoms with Gasteiger partial charge in [-0.1, -0.05) is 181 Å². The number of nitrogens with zero attached hydrogens (tertiary/aromatic N) is 1. The maximum Gasteiger partial charge on any atom is 0.508 e. The predicted molar refractivity (Wildman–Crippen MR) is 229 cm³/mol. The van der Waals surface area contributed by atoms with E-state index in [-0.39, 0.29) is 18.7 Å². The third-order valence-electron chi connectivity index (χ3n) is 10.9. The molecule has 0 aromatic carbocycles. The zero-order valence-corrected chi connectivity index (χ0v) is 36.5. The van der Waals surface area contributed by atoms with Gasteiger partial charge in [0.15, 0.2) is 0 Å². The fourth-order valence-corrected chi connectivity index (χ4v) is 7.32. The van der Waals surface area contributed by atoms with E-state index in [1.54, 1.807) is 0 Å². The van der Waals surface area contributed by atoms with Gasteiger partial charge in [0.1, 0.15) is 6.10 Å². The molecular formula is C47H93NO6. The van der Waals surface area contributed by atoms with Gasteiger partial charge in [-0.05, 0) is 70.9 Å². The summed E-state index contributed by atoms with van der Waals surface area (Å²) in [6, 6.07) is 0. The van der Waals surface area contributed by atoms with Gasteiger partial charge < -0.3 is 24.2 Å². The van der Waals surface area contributed by atoms with Crippen LogP contribution < -0.4 is 0 Å². The van der Waals surface area contributed by atoms with Crippen molar-refractivity contribution in [3.05, 3.63) is 0 Å². The first-order chi connectivity index (χ1) is 26.6. The standard InChI is InChI=1S/C47H93NO6/c1-4-7-10-13-15-16-17-23-30-37-45(36-29-22-12-9-6-3)54-47(51)53-44-35-28-21-19-26-33-40-48(41-42-49)39-32-25-18-20-27-34-43-52-46(50)38-31-24-14-11-8-5-2/h45,49H,4-44H2,1-3H3. The van der Waals surface area contributed by atoms with Crippen LogP contribution in [0.25, 0.3) is 0 Å². The Labute approximate surface area is 336 Å². The highest BCUT2D eigenvalue weighted by molar-refractivity contribution is 5.69. The Bertz CT molecular complexity index is 765. The van der Waals surface area contributed by atoms with Crippen molar-refractivity contribution in [2.45, 2.75) is 252 Å². The van der Waals surface area contributed by atoms with Gasteiger partial charge in [-0.2, -0.15) is 0 Å². The molecule has 0 saturated carbocycles. The maximum absolute atomic E-state index is 12.5. The van der Waals surface area contributed by atoms with E-state index in [9.17, 15) is 14.7 Å². The molecule has 0 fully saturated rings. The Morgan fingerprint density at radius 2 is 0.815 bits per heavy atom. The molecule has 0 aromatic rings. The van der Waals surface area contributed by atoms with Crippen LogP contribution in [0.15, 0.2) is 0 Å². The highest BCUT2D eigenvalue weighted by atomic mass is 16.7. The lowest BCUT2D eigenvalue weighted by Crippen LogP contribution is -2.29. The quantitative estimate of drug-likeness (QED) is 0.0488. The van der Waals surface area contributed by atoms with Crippen molar-refractivity contribution in [1.82, 2.24) is 4.90 Å². The van der Waals surface area contributed by atoms with Crippen LogP contribution in [0.2, 0.25) is 0 Å². The Balaban J connectivity index is 3.88. The first-order valence-electron chi connectivity index (χ1n) is 23.9. The van der Waals surface area contributed by atoms with Crippen molar-refractivity contribution in [3.63, 3.8) is 0 Å². The van der Waals surface area contributed by atoms with Gasteiger partial charge in [0, 0.05) is 13.0 Å². The molecule has 1 atom stereocenters. The lowest BCUT2D eigenvalue weighted by molar-refractivity contribution is -0.143. The average Bonchev–Trinajstić information content (AvgIpc) is 3.16. The summed E-state index contributed by atoms with van der Waals surface area (Å²) in [7, 11) is 0. The minimum Gasteiger partial charge on any atom is -0.466 e. The fourth-order valence-electron chi connectivity index (χ4n) is 7.32. The molecule has 0 aliphatic rings. The van der Waals surface area contributed by atoms with E-state index in [0.29, 0.717) is 19.6 Å². The van der Waals surface area contributed by atoms with Crippen LogP contribution in [0.5, 0.6) is 0 Å². The molecule has 322 valence electrons. The van der Waals surface area contributed by atoms with E-state index >= 15 is 0 Å². The van der Waals surface area contributed by atoms with Crippen LogP contribution in [0.1, 0.15) is 245 Å². The number of rotatable bonds is 44.